The first-order chi connectivity index (χ1) is 9.74. The van der Waals surface area contributed by atoms with E-state index in [0.29, 0.717) is 5.75 Å². The van der Waals surface area contributed by atoms with E-state index in [1.54, 1.807) is 12.4 Å². The van der Waals surface area contributed by atoms with Gasteiger partial charge in [0.15, 0.2) is 5.75 Å². The van der Waals surface area contributed by atoms with E-state index < -0.39 is 0 Å². The molecule has 3 aromatic rings. The second kappa shape index (κ2) is 5.27. The normalized spacial score (nSPS) is 12.3. The third-order valence-corrected chi connectivity index (χ3v) is 3.05. The predicted octanol–water partition coefficient (Wildman–Crippen LogP) is 3.44. The van der Waals surface area contributed by atoms with Gasteiger partial charge in [-0.1, -0.05) is 18.2 Å². The molecule has 0 saturated heterocycles. The van der Waals surface area contributed by atoms with Crippen LogP contribution in [0.15, 0.2) is 54.9 Å². The van der Waals surface area contributed by atoms with Crippen LogP contribution in [0.4, 0.5) is 0 Å². The smallest absolute Gasteiger partial charge is 0.153 e. The van der Waals surface area contributed by atoms with Crippen molar-refractivity contribution < 1.29 is 4.74 Å². The van der Waals surface area contributed by atoms with Gasteiger partial charge in [-0.2, -0.15) is 0 Å². The van der Waals surface area contributed by atoms with Crippen LogP contribution in [0.25, 0.3) is 10.9 Å². The first-order valence-corrected chi connectivity index (χ1v) is 6.47. The number of ether oxygens (including phenoxy) is 1. The van der Waals surface area contributed by atoms with Crippen LogP contribution in [0.3, 0.4) is 0 Å². The highest BCUT2D eigenvalue weighted by molar-refractivity contribution is 5.84. The van der Waals surface area contributed by atoms with Gasteiger partial charge in [0, 0.05) is 17.6 Å². The van der Waals surface area contributed by atoms with Gasteiger partial charge in [-0.25, -0.2) is 0 Å². The van der Waals surface area contributed by atoms with Gasteiger partial charge < -0.3 is 10.5 Å². The number of fused-ring (bicyclic) bond motifs is 1. The third kappa shape index (κ3) is 2.46. The van der Waals surface area contributed by atoms with E-state index in [0.717, 1.165) is 22.3 Å². The Balaban J connectivity index is 1.93. The Morgan fingerprint density at radius 1 is 1.05 bits per heavy atom. The van der Waals surface area contributed by atoms with Crippen molar-refractivity contribution in [3.05, 3.63) is 60.6 Å². The van der Waals surface area contributed by atoms with Crippen molar-refractivity contribution >= 4 is 10.9 Å². The maximum atomic E-state index is 5.86. The van der Waals surface area contributed by atoms with Crippen molar-refractivity contribution in [2.75, 3.05) is 0 Å². The van der Waals surface area contributed by atoms with E-state index in [-0.39, 0.29) is 6.04 Å². The Morgan fingerprint density at radius 2 is 1.90 bits per heavy atom. The van der Waals surface area contributed by atoms with Crippen molar-refractivity contribution in [2.24, 2.45) is 5.73 Å². The van der Waals surface area contributed by atoms with Crippen molar-refractivity contribution in [1.29, 1.82) is 0 Å². The molecule has 0 amide bonds. The first kappa shape index (κ1) is 12.6. The molecule has 100 valence electrons. The van der Waals surface area contributed by atoms with Crippen LogP contribution in [-0.4, -0.2) is 9.97 Å². The highest BCUT2D eigenvalue weighted by atomic mass is 16.5. The van der Waals surface area contributed by atoms with E-state index in [9.17, 15) is 0 Å². The second-order valence-electron chi connectivity index (χ2n) is 4.64. The first-order valence-electron chi connectivity index (χ1n) is 6.47. The van der Waals surface area contributed by atoms with E-state index in [2.05, 4.69) is 9.97 Å². The molecular formula is C16H15N3O. The molecule has 0 spiro atoms. The number of para-hydroxylation sites is 1. The largest absolute Gasteiger partial charge is 0.453 e. The Hall–Kier alpha value is -2.46. The van der Waals surface area contributed by atoms with Gasteiger partial charge in [-0.3, -0.25) is 9.97 Å². The van der Waals surface area contributed by atoms with Crippen LogP contribution >= 0.6 is 0 Å². The average Bonchev–Trinajstić information content (AvgIpc) is 2.48. The number of nitrogens with two attached hydrogens (primary N) is 1. The van der Waals surface area contributed by atoms with Crippen LogP contribution in [-0.2, 0) is 0 Å². The molecule has 2 aromatic heterocycles. The average molecular weight is 265 g/mol. The molecule has 0 saturated carbocycles. The summed E-state index contributed by atoms with van der Waals surface area (Å²) in [6, 6.07) is 13.4. The second-order valence-corrected chi connectivity index (χ2v) is 4.64. The van der Waals surface area contributed by atoms with Crippen LogP contribution < -0.4 is 10.5 Å². The molecule has 20 heavy (non-hydrogen) atoms. The van der Waals surface area contributed by atoms with Gasteiger partial charge in [-0.15, -0.1) is 0 Å². The molecular weight excluding hydrogens is 250 g/mol. The monoisotopic (exact) mass is 265 g/mol. The predicted molar refractivity (Wildman–Crippen MR) is 78.7 cm³/mol. The lowest BCUT2D eigenvalue weighted by Gasteiger charge is -2.09. The standard InChI is InChI=1S/C16H15N3O/c1-11(17)14-8-7-13(10-19-14)20-15-6-2-4-12-5-3-9-18-16(12)15/h2-11H,17H2,1H3. The number of aromatic nitrogens is 2. The molecule has 1 atom stereocenters. The number of benzene rings is 1. The highest BCUT2D eigenvalue weighted by Crippen LogP contribution is 2.28. The molecule has 4 heteroatoms. The summed E-state index contributed by atoms with van der Waals surface area (Å²) < 4.78 is 5.86. The lowest BCUT2D eigenvalue weighted by molar-refractivity contribution is 0.484. The lowest BCUT2D eigenvalue weighted by atomic mass is 10.2. The number of rotatable bonds is 3. The van der Waals surface area contributed by atoms with E-state index in [1.807, 2.05) is 49.4 Å². The molecule has 0 aliphatic rings. The highest BCUT2D eigenvalue weighted by Gasteiger charge is 2.05. The minimum atomic E-state index is -0.0803. The fourth-order valence-electron chi connectivity index (χ4n) is 2.01. The maximum Gasteiger partial charge on any atom is 0.153 e. The fourth-order valence-corrected chi connectivity index (χ4v) is 2.01. The van der Waals surface area contributed by atoms with Gasteiger partial charge in [0.2, 0.25) is 0 Å². The summed E-state index contributed by atoms with van der Waals surface area (Å²) in [5, 5.41) is 1.05. The van der Waals surface area contributed by atoms with E-state index in [1.165, 1.54) is 0 Å². The molecule has 4 nitrogen and oxygen atoms in total. The molecule has 0 radical (unpaired) electrons. The quantitative estimate of drug-likeness (QED) is 0.788. The molecule has 3 rings (SSSR count). The zero-order chi connectivity index (χ0) is 13.9. The van der Waals surface area contributed by atoms with Gasteiger partial charge in [0.25, 0.3) is 0 Å². The van der Waals surface area contributed by atoms with Crippen LogP contribution in [0.5, 0.6) is 11.5 Å². The van der Waals surface area contributed by atoms with Crippen molar-refractivity contribution in [2.45, 2.75) is 13.0 Å². The number of hydrogen-bond donors (Lipinski definition) is 1. The summed E-state index contributed by atoms with van der Waals surface area (Å²) in [5.74, 6) is 1.39. The molecule has 0 aliphatic heterocycles. The van der Waals surface area contributed by atoms with Crippen molar-refractivity contribution in [3.63, 3.8) is 0 Å². The van der Waals surface area contributed by atoms with Crippen LogP contribution in [0.2, 0.25) is 0 Å². The van der Waals surface area contributed by atoms with Gasteiger partial charge in [0.1, 0.15) is 11.3 Å². The minimum Gasteiger partial charge on any atom is -0.453 e. The van der Waals surface area contributed by atoms with E-state index in [4.69, 9.17) is 10.5 Å². The SMILES string of the molecule is CC(N)c1ccc(Oc2cccc3cccnc23)cn1. The third-order valence-electron chi connectivity index (χ3n) is 3.05. The Labute approximate surface area is 117 Å². The number of nitrogens with zero attached hydrogens (tertiary/aromatic N) is 2. The minimum absolute atomic E-state index is 0.0803. The summed E-state index contributed by atoms with van der Waals surface area (Å²) in [4.78, 5) is 8.64. The summed E-state index contributed by atoms with van der Waals surface area (Å²) in [6.45, 7) is 1.90. The molecule has 1 unspecified atom stereocenters. The summed E-state index contributed by atoms with van der Waals surface area (Å²) >= 11 is 0. The molecule has 2 N–H and O–H groups in total. The van der Waals surface area contributed by atoms with Crippen LogP contribution in [0, 0.1) is 0 Å². The number of hydrogen-bond acceptors (Lipinski definition) is 4. The van der Waals surface area contributed by atoms with Gasteiger partial charge in [0.05, 0.1) is 11.9 Å². The van der Waals surface area contributed by atoms with Crippen molar-refractivity contribution in [3.8, 4) is 11.5 Å². The molecule has 1 aromatic carbocycles. The summed E-state index contributed by atoms with van der Waals surface area (Å²) in [7, 11) is 0. The molecule has 0 aliphatic carbocycles. The topological polar surface area (TPSA) is 61.0 Å². The summed E-state index contributed by atoms with van der Waals surface area (Å²) in [5.41, 5.74) is 7.46. The zero-order valence-electron chi connectivity index (χ0n) is 11.2. The van der Waals surface area contributed by atoms with Crippen molar-refractivity contribution in [1.82, 2.24) is 9.97 Å². The lowest BCUT2D eigenvalue weighted by Crippen LogP contribution is -2.06. The summed E-state index contributed by atoms with van der Waals surface area (Å²) in [6.07, 6.45) is 3.44. The van der Waals surface area contributed by atoms with Crippen LogP contribution in [0.1, 0.15) is 18.7 Å². The Morgan fingerprint density at radius 3 is 2.65 bits per heavy atom. The van der Waals surface area contributed by atoms with Gasteiger partial charge >= 0.3 is 0 Å². The van der Waals surface area contributed by atoms with Gasteiger partial charge in [-0.05, 0) is 31.2 Å². The molecule has 0 fully saturated rings. The maximum absolute atomic E-state index is 5.86. The molecule has 2 heterocycles. The number of pyridine rings is 2. The Kier molecular flexibility index (Phi) is 3.31. The zero-order valence-corrected chi connectivity index (χ0v) is 11.2. The van der Waals surface area contributed by atoms with E-state index >= 15 is 0 Å². The molecule has 0 bridgehead atoms. The Bertz CT molecular complexity index is 718. The fraction of sp³-hybridized carbons (Fsp3) is 0.125.